The van der Waals surface area contributed by atoms with Crippen LogP contribution in [0.5, 0.6) is 0 Å². The minimum Gasteiger partial charge on any atom is -0.387 e. The molecule has 0 aromatic heterocycles. The zero-order chi connectivity index (χ0) is 9.10. The molecule has 0 bridgehead atoms. The zero-order valence-electron chi connectivity index (χ0n) is 7.30. The minimum absolute atomic E-state index is 0.141. The van der Waals surface area contributed by atoms with Crippen LogP contribution in [-0.4, -0.2) is 5.11 Å². The van der Waals surface area contributed by atoms with Gasteiger partial charge in [0.05, 0.1) is 6.10 Å². The van der Waals surface area contributed by atoms with E-state index in [0.29, 0.717) is 0 Å². The lowest BCUT2D eigenvalue weighted by Gasteiger charge is -2.14. The van der Waals surface area contributed by atoms with Gasteiger partial charge >= 0.3 is 0 Å². The first kappa shape index (κ1) is 8.27. The van der Waals surface area contributed by atoms with Crippen LogP contribution in [0.2, 0.25) is 0 Å². The van der Waals surface area contributed by atoms with Crippen molar-refractivity contribution in [2.75, 3.05) is 0 Å². The first-order valence-electron chi connectivity index (χ1n) is 4.46. The van der Waals surface area contributed by atoms with Crippen LogP contribution in [0, 0.1) is 5.92 Å². The molecule has 0 spiro atoms. The van der Waals surface area contributed by atoms with Gasteiger partial charge in [-0.15, -0.1) is 0 Å². The van der Waals surface area contributed by atoms with Gasteiger partial charge in [0.1, 0.15) is 0 Å². The van der Waals surface area contributed by atoms with Crippen molar-refractivity contribution < 1.29 is 5.11 Å². The fourth-order valence-electron chi connectivity index (χ4n) is 1.53. The Bertz CT molecular complexity index is 312. The average Bonchev–Trinajstić information content (AvgIpc) is 2.71. The Morgan fingerprint density at radius 2 is 1.62 bits per heavy atom. The third-order valence-electron chi connectivity index (χ3n) is 2.28. The molecule has 0 unspecified atom stereocenters. The van der Waals surface area contributed by atoms with Crippen LogP contribution in [0.25, 0.3) is 0 Å². The molecule has 1 aliphatic rings. The highest BCUT2D eigenvalue weighted by Crippen LogP contribution is 2.26. The van der Waals surface area contributed by atoms with Gasteiger partial charge in [-0.2, -0.15) is 0 Å². The maximum atomic E-state index is 9.92. The number of allylic oxidation sites excluding steroid dienone is 2. The molecule has 66 valence electrons. The fraction of sp³-hybridized carbons (Fsp3) is 0.167. The lowest BCUT2D eigenvalue weighted by atomic mass is 9.97. The van der Waals surface area contributed by atoms with Crippen LogP contribution < -0.4 is 0 Å². The lowest BCUT2D eigenvalue weighted by molar-refractivity contribution is 0.152. The Morgan fingerprint density at radius 3 is 2.23 bits per heavy atom. The summed E-state index contributed by atoms with van der Waals surface area (Å²) in [6, 6.07) is 9.74. The maximum Gasteiger partial charge on any atom is 0.0887 e. The zero-order valence-corrected chi connectivity index (χ0v) is 7.30. The molecule has 0 fully saturated rings. The molecule has 0 amide bonds. The largest absolute Gasteiger partial charge is 0.387 e. The summed E-state index contributed by atoms with van der Waals surface area (Å²) in [6.45, 7) is 0. The normalized spacial score (nSPS) is 17.9. The quantitative estimate of drug-likeness (QED) is 0.726. The molecule has 1 aliphatic carbocycles. The molecule has 0 heterocycles. The third kappa shape index (κ3) is 1.70. The van der Waals surface area contributed by atoms with E-state index in [1.807, 2.05) is 54.6 Å². The van der Waals surface area contributed by atoms with E-state index in [0.717, 1.165) is 5.56 Å². The molecule has 1 aromatic rings. The minimum atomic E-state index is -0.406. The standard InChI is InChI=1S/C12H12O/c13-12(11-8-4-5-9-11)10-6-2-1-3-7-10/h1-9,11-13H/t12-/m1/s1. The number of hydrogen-bond acceptors (Lipinski definition) is 1. The van der Waals surface area contributed by atoms with Crippen molar-refractivity contribution in [3.8, 4) is 0 Å². The van der Waals surface area contributed by atoms with Crippen molar-refractivity contribution in [2.24, 2.45) is 5.92 Å². The molecule has 13 heavy (non-hydrogen) atoms. The van der Waals surface area contributed by atoms with Crippen LogP contribution in [0.4, 0.5) is 0 Å². The third-order valence-corrected chi connectivity index (χ3v) is 2.28. The molecule has 2 rings (SSSR count). The van der Waals surface area contributed by atoms with Gasteiger partial charge in [-0.25, -0.2) is 0 Å². The Morgan fingerprint density at radius 1 is 1.00 bits per heavy atom. The van der Waals surface area contributed by atoms with E-state index in [-0.39, 0.29) is 5.92 Å². The van der Waals surface area contributed by atoms with Gasteiger partial charge in [-0.05, 0) is 5.56 Å². The van der Waals surface area contributed by atoms with Crippen LogP contribution in [0.15, 0.2) is 54.6 Å². The molecule has 1 N–H and O–H groups in total. The van der Waals surface area contributed by atoms with E-state index >= 15 is 0 Å². The van der Waals surface area contributed by atoms with Gasteiger partial charge in [0.25, 0.3) is 0 Å². The average molecular weight is 172 g/mol. The summed E-state index contributed by atoms with van der Waals surface area (Å²) in [4.78, 5) is 0. The number of aliphatic hydroxyl groups is 1. The van der Waals surface area contributed by atoms with Gasteiger partial charge in [-0.3, -0.25) is 0 Å². The van der Waals surface area contributed by atoms with Gasteiger partial charge < -0.3 is 5.11 Å². The van der Waals surface area contributed by atoms with Crippen molar-refractivity contribution in [1.82, 2.24) is 0 Å². The predicted octanol–water partition coefficient (Wildman–Crippen LogP) is 2.46. The van der Waals surface area contributed by atoms with Crippen LogP contribution in [0.1, 0.15) is 11.7 Å². The molecular weight excluding hydrogens is 160 g/mol. The monoisotopic (exact) mass is 172 g/mol. The number of hydrogen-bond donors (Lipinski definition) is 1. The molecule has 1 nitrogen and oxygen atoms in total. The summed E-state index contributed by atoms with van der Waals surface area (Å²) >= 11 is 0. The first-order valence-corrected chi connectivity index (χ1v) is 4.46. The molecule has 0 radical (unpaired) electrons. The summed E-state index contributed by atoms with van der Waals surface area (Å²) in [5.74, 6) is 0.141. The second kappa shape index (κ2) is 3.58. The second-order valence-corrected chi connectivity index (χ2v) is 3.20. The molecule has 0 saturated carbocycles. The predicted molar refractivity (Wildman–Crippen MR) is 53.2 cm³/mol. The first-order chi connectivity index (χ1) is 6.38. The van der Waals surface area contributed by atoms with E-state index in [4.69, 9.17) is 0 Å². The summed E-state index contributed by atoms with van der Waals surface area (Å²) in [7, 11) is 0. The number of benzene rings is 1. The van der Waals surface area contributed by atoms with Crippen molar-refractivity contribution in [1.29, 1.82) is 0 Å². The number of rotatable bonds is 2. The highest BCUT2D eigenvalue weighted by atomic mass is 16.3. The summed E-state index contributed by atoms with van der Waals surface area (Å²) in [5.41, 5.74) is 0.976. The van der Waals surface area contributed by atoms with Crippen molar-refractivity contribution in [3.05, 3.63) is 60.2 Å². The van der Waals surface area contributed by atoms with Crippen LogP contribution in [-0.2, 0) is 0 Å². The Labute approximate surface area is 78.0 Å². The van der Waals surface area contributed by atoms with Gasteiger partial charge in [-0.1, -0.05) is 54.6 Å². The molecule has 1 atom stereocenters. The van der Waals surface area contributed by atoms with Crippen LogP contribution >= 0.6 is 0 Å². The van der Waals surface area contributed by atoms with Crippen molar-refractivity contribution >= 4 is 0 Å². The Balaban J connectivity index is 2.18. The lowest BCUT2D eigenvalue weighted by Crippen LogP contribution is -2.06. The van der Waals surface area contributed by atoms with E-state index in [2.05, 4.69) is 0 Å². The summed E-state index contributed by atoms with van der Waals surface area (Å²) < 4.78 is 0. The summed E-state index contributed by atoms with van der Waals surface area (Å²) in [6.07, 6.45) is 7.56. The van der Waals surface area contributed by atoms with E-state index < -0.39 is 6.10 Å². The molecule has 1 aromatic carbocycles. The molecule has 0 aliphatic heterocycles. The van der Waals surface area contributed by atoms with Crippen molar-refractivity contribution in [2.45, 2.75) is 6.10 Å². The van der Waals surface area contributed by atoms with Gasteiger partial charge in [0, 0.05) is 5.92 Å². The van der Waals surface area contributed by atoms with Gasteiger partial charge in [0.15, 0.2) is 0 Å². The highest BCUT2D eigenvalue weighted by Gasteiger charge is 2.16. The van der Waals surface area contributed by atoms with E-state index in [9.17, 15) is 5.11 Å². The fourth-order valence-corrected chi connectivity index (χ4v) is 1.53. The summed E-state index contributed by atoms with van der Waals surface area (Å²) in [5, 5.41) is 9.92. The Hall–Kier alpha value is -1.34. The molecular formula is C12H12O. The smallest absolute Gasteiger partial charge is 0.0887 e. The van der Waals surface area contributed by atoms with E-state index in [1.54, 1.807) is 0 Å². The number of aliphatic hydroxyl groups excluding tert-OH is 1. The molecule has 1 heteroatoms. The van der Waals surface area contributed by atoms with E-state index in [1.165, 1.54) is 0 Å². The van der Waals surface area contributed by atoms with Crippen molar-refractivity contribution in [3.63, 3.8) is 0 Å². The SMILES string of the molecule is O[C@H](c1ccccc1)C1C=CC=C1. The van der Waals surface area contributed by atoms with Crippen LogP contribution in [0.3, 0.4) is 0 Å². The molecule has 0 saturated heterocycles. The topological polar surface area (TPSA) is 20.2 Å². The Kier molecular flexibility index (Phi) is 2.28. The maximum absolute atomic E-state index is 9.92. The highest BCUT2D eigenvalue weighted by molar-refractivity contribution is 5.26. The van der Waals surface area contributed by atoms with Gasteiger partial charge in [0.2, 0.25) is 0 Å². The second-order valence-electron chi connectivity index (χ2n) is 3.20.